The van der Waals surface area contributed by atoms with Crippen LogP contribution in [0.5, 0.6) is 0 Å². The van der Waals surface area contributed by atoms with Crippen molar-refractivity contribution in [2.45, 2.75) is 18.7 Å². The number of hydrogen-bond donors (Lipinski definition) is 1. The fourth-order valence-electron chi connectivity index (χ4n) is 2.79. The van der Waals surface area contributed by atoms with Crippen LogP contribution in [0, 0.1) is 13.8 Å². The minimum Gasteiger partial charge on any atom is -0.324 e. The number of carbonyl (C=O) groups is 1. The first-order valence-corrected chi connectivity index (χ1v) is 10.8. The summed E-state index contributed by atoms with van der Waals surface area (Å²) in [4.78, 5) is 12.8. The number of nitrogens with zero attached hydrogens (tertiary/aromatic N) is 1. The Morgan fingerprint density at radius 1 is 0.931 bits per heavy atom. The predicted molar refractivity (Wildman–Crippen MR) is 117 cm³/mol. The number of benzene rings is 3. The molecule has 0 aliphatic carbocycles. The number of carbonyl (C=O) groups excluding carboxylic acids is 1. The lowest BCUT2D eigenvalue weighted by Gasteiger charge is -2.24. The molecule has 0 unspecified atom stereocenters. The van der Waals surface area contributed by atoms with E-state index in [1.54, 1.807) is 42.5 Å². The minimum absolute atomic E-state index is 0.113. The summed E-state index contributed by atoms with van der Waals surface area (Å²) >= 11 is 5.95. The lowest BCUT2D eigenvalue weighted by Crippen LogP contribution is -2.38. The van der Waals surface area contributed by atoms with Crippen LogP contribution in [0.3, 0.4) is 0 Å². The molecular weight excluding hydrogens is 408 g/mol. The SMILES string of the molecule is Cc1ccc(S(=O)(=O)N(CC(=O)Nc2ccccc2C)c2ccc(Cl)cc2)cc1. The van der Waals surface area contributed by atoms with Crippen LogP contribution < -0.4 is 9.62 Å². The smallest absolute Gasteiger partial charge is 0.264 e. The van der Waals surface area contributed by atoms with Gasteiger partial charge in [0.1, 0.15) is 6.54 Å². The number of halogens is 1. The number of sulfonamides is 1. The molecule has 5 nitrogen and oxygen atoms in total. The van der Waals surface area contributed by atoms with Gasteiger partial charge in [-0.1, -0.05) is 47.5 Å². The molecule has 3 aromatic rings. The summed E-state index contributed by atoms with van der Waals surface area (Å²) in [5.74, 6) is -0.440. The first kappa shape index (κ1) is 20.9. The van der Waals surface area contributed by atoms with Gasteiger partial charge in [0.05, 0.1) is 10.6 Å². The molecule has 0 saturated heterocycles. The molecule has 0 saturated carbocycles. The van der Waals surface area contributed by atoms with Crippen molar-refractivity contribution in [3.8, 4) is 0 Å². The van der Waals surface area contributed by atoms with Crippen molar-refractivity contribution in [2.75, 3.05) is 16.2 Å². The Morgan fingerprint density at radius 2 is 1.55 bits per heavy atom. The molecule has 0 aliphatic heterocycles. The third kappa shape index (κ3) is 4.96. The van der Waals surface area contributed by atoms with E-state index in [9.17, 15) is 13.2 Å². The van der Waals surface area contributed by atoms with Crippen LogP contribution >= 0.6 is 11.6 Å². The van der Waals surface area contributed by atoms with Crippen LogP contribution in [0.15, 0.2) is 77.7 Å². The van der Waals surface area contributed by atoms with E-state index in [0.29, 0.717) is 16.4 Å². The normalized spacial score (nSPS) is 11.1. The maximum atomic E-state index is 13.3. The van der Waals surface area contributed by atoms with E-state index >= 15 is 0 Å². The highest BCUT2D eigenvalue weighted by atomic mass is 35.5. The quantitative estimate of drug-likeness (QED) is 0.613. The van der Waals surface area contributed by atoms with Crippen molar-refractivity contribution >= 4 is 38.9 Å². The topological polar surface area (TPSA) is 66.5 Å². The highest BCUT2D eigenvalue weighted by Gasteiger charge is 2.27. The van der Waals surface area contributed by atoms with Gasteiger partial charge >= 0.3 is 0 Å². The third-order valence-corrected chi connectivity index (χ3v) is 6.47. The molecule has 29 heavy (non-hydrogen) atoms. The number of aryl methyl sites for hydroxylation is 2. The van der Waals surface area contributed by atoms with E-state index < -0.39 is 15.9 Å². The van der Waals surface area contributed by atoms with Gasteiger partial charge in [-0.3, -0.25) is 9.10 Å². The van der Waals surface area contributed by atoms with E-state index in [-0.39, 0.29) is 11.4 Å². The second-order valence-electron chi connectivity index (χ2n) is 6.66. The number of anilines is 2. The van der Waals surface area contributed by atoms with Crippen molar-refractivity contribution < 1.29 is 13.2 Å². The molecule has 0 bridgehead atoms. The van der Waals surface area contributed by atoms with Crippen molar-refractivity contribution in [3.63, 3.8) is 0 Å². The molecule has 0 radical (unpaired) electrons. The van der Waals surface area contributed by atoms with Crippen molar-refractivity contribution in [3.05, 3.63) is 88.9 Å². The van der Waals surface area contributed by atoms with Crippen molar-refractivity contribution in [2.24, 2.45) is 0 Å². The highest BCUT2D eigenvalue weighted by Crippen LogP contribution is 2.25. The fraction of sp³-hybridized carbons (Fsp3) is 0.136. The van der Waals surface area contributed by atoms with Crippen LogP contribution in [-0.2, 0) is 14.8 Å². The maximum Gasteiger partial charge on any atom is 0.264 e. The first-order valence-electron chi connectivity index (χ1n) is 8.98. The van der Waals surface area contributed by atoms with E-state index in [1.807, 2.05) is 32.0 Å². The molecule has 0 aliphatic rings. The standard InChI is InChI=1S/C22H21ClN2O3S/c1-16-7-13-20(14-8-16)29(27,28)25(19-11-9-18(23)10-12-19)15-22(26)24-21-6-4-3-5-17(21)2/h3-14H,15H2,1-2H3,(H,24,26). The molecule has 0 heterocycles. The molecule has 0 aromatic heterocycles. The molecule has 1 amide bonds. The average Bonchev–Trinajstić information content (AvgIpc) is 2.69. The molecule has 3 rings (SSSR count). The number of rotatable bonds is 6. The van der Waals surface area contributed by atoms with Gasteiger partial charge in [-0.05, 0) is 61.9 Å². The largest absolute Gasteiger partial charge is 0.324 e. The monoisotopic (exact) mass is 428 g/mol. The Kier molecular flexibility index (Phi) is 6.25. The van der Waals surface area contributed by atoms with Crippen LogP contribution in [0.25, 0.3) is 0 Å². The predicted octanol–water partition coefficient (Wildman–Crippen LogP) is 4.79. The first-order chi connectivity index (χ1) is 13.8. The Morgan fingerprint density at radius 3 is 2.17 bits per heavy atom. The molecule has 3 aromatic carbocycles. The van der Waals surface area contributed by atoms with E-state index in [0.717, 1.165) is 15.4 Å². The highest BCUT2D eigenvalue weighted by molar-refractivity contribution is 7.92. The number of para-hydroxylation sites is 1. The van der Waals surface area contributed by atoms with Gasteiger partial charge in [-0.2, -0.15) is 0 Å². The molecular formula is C22H21ClN2O3S. The summed E-state index contributed by atoms with van der Waals surface area (Å²) in [5.41, 5.74) is 2.83. The molecule has 0 spiro atoms. The van der Waals surface area contributed by atoms with E-state index in [4.69, 9.17) is 11.6 Å². The molecule has 0 atom stereocenters. The zero-order valence-electron chi connectivity index (χ0n) is 16.1. The van der Waals surface area contributed by atoms with Gasteiger partial charge in [0.15, 0.2) is 0 Å². The summed E-state index contributed by atoms with van der Waals surface area (Å²) in [6, 6.07) is 20.2. The number of nitrogens with one attached hydrogen (secondary N) is 1. The lowest BCUT2D eigenvalue weighted by molar-refractivity contribution is -0.114. The van der Waals surface area contributed by atoms with Crippen LogP contribution in [0.1, 0.15) is 11.1 Å². The third-order valence-electron chi connectivity index (χ3n) is 4.43. The summed E-state index contributed by atoms with van der Waals surface area (Å²) in [6.45, 7) is 3.38. The maximum absolute atomic E-state index is 13.3. The number of amides is 1. The molecule has 0 fully saturated rings. The summed E-state index contributed by atoms with van der Waals surface area (Å²) < 4.78 is 27.7. The Hall–Kier alpha value is -2.83. The summed E-state index contributed by atoms with van der Waals surface area (Å²) in [6.07, 6.45) is 0. The minimum atomic E-state index is -3.95. The van der Waals surface area contributed by atoms with Crippen LogP contribution in [0.4, 0.5) is 11.4 Å². The fourth-order valence-corrected chi connectivity index (χ4v) is 4.34. The molecule has 7 heteroatoms. The van der Waals surface area contributed by atoms with Gasteiger partial charge in [-0.15, -0.1) is 0 Å². The van der Waals surface area contributed by atoms with Crippen LogP contribution in [-0.4, -0.2) is 20.9 Å². The second kappa shape index (κ2) is 8.68. The Bertz CT molecular complexity index is 1110. The zero-order valence-corrected chi connectivity index (χ0v) is 17.7. The average molecular weight is 429 g/mol. The second-order valence-corrected chi connectivity index (χ2v) is 8.96. The van der Waals surface area contributed by atoms with Gasteiger partial charge in [-0.25, -0.2) is 8.42 Å². The summed E-state index contributed by atoms with van der Waals surface area (Å²) in [5, 5.41) is 3.26. The molecule has 150 valence electrons. The Balaban J connectivity index is 1.95. The van der Waals surface area contributed by atoms with Gasteiger partial charge in [0.25, 0.3) is 10.0 Å². The van der Waals surface area contributed by atoms with Gasteiger partial charge in [0.2, 0.25) is 5.91 Å². The van der Waals surface area contributed by atoms with Crippen LogP contribution in [0.2, 0.25) is 5.02 Å². The summed E-state index contributed by atoms with van der Waals surface area (Å²) in [7, 11) is -3.95. The molecule has 1 N–H and O–H groups in total. The van der Waals surface area contributed by atoms with Gasteiger partial charge in [0, 0.05) is 10.7 Å². The Labute approximate surface area is 176 Å². The van der Waals surface area contributed by atoms with E-state index in [2.05, 4.69) is 5.32 Å². The lowest BCUT2D eigenvalue weighted by atomic mass is 10.2. The zero-order chi connectivity index (χ0) is 21.0. The van der Waals surface area contributed by atoms with Crippen molar-refractivity contribution in [1.29, 1.82) is 0 Å². The van der Waals surface area contributed by atoms with Crippen molar-refractivity contribution in [1.82, 2.24) is 0 Å². The van der Waals surface area contributed by atoms with E-state index in [1.165, 1.54) is 12.1 Å². The van der Waals surface area contributed by atoms with Gasteiger partial charge < -0.3 is 5.32 Å². The number of hydrogen-bond acceptors (Lipinski definition) is 3.